The Morgan fingerprint density at radius 1 is 1.23 bits per heavy atom. The lowest BCUT2D eigenvalue weighted by atomic mass is 10.2. The molecule has 0 aromatic heterocycles. The minimum Gasteiger partial charge on any atom is -0.496 e. The second-order valence-electron chi connectivity index (χ2n) is 5.20. The van der Waals surface area contributed by atoms with E-state index in [4.69, 9.17) is 21.1 Å². The maximum atomic E-state index is 13.1. The number of benzene rings is 2. The Morgan fingerprint density at radius 2 is 1.96 bits per heavy atom. The number of halogens is 2. The average Bonchev–Trinajstić information content (AvgIpc) is 2.62. The molecule has 6 nitrogen and oxygen atoms in total. The first-order valence-electron chi connectivity index (χ1n) is 7.55. The molecule has 1 N–H and O–H groups in total. The van der Waals surface area contributed by atoms with E-state index in [-0.39, 0.29) is 29.5 Å². The van der Waals surface area contributed by atoms with Gasteiger partial charge in [-0.2, -0.15) is 0 Å². The molecule has 0 aliphatic rings. The third-order valence-corrected chi connectivity index (χ3v) is 5.15. The fourth-order valence-electron chi connectivity index (χ4n) is 2.07. The van der Waals surface area contributed by atoms with Crippen molar-refractivity contribution in [1.29, 1.82) is 0 Å². The molecular weight excluding hydrogens is 385 g/mol. The number of sulfonamides is 1. The van der Waals surface area contributed by atoms with Crippen LogP contribution in [0.3, 0.4) is 0 Å². The van der Waals surface area contributed by atoms with Crippen LogP contribution < -0.4 is 9.46 Å². The van der Waals surface area contributed by atoms with Gasteiger partial charge < -0.3 is 9.47 Å². The molecule has 0 saturated carbocycles. The molecule has 140 valence electrons. The van der Waals surface area contributed by atoms with E-state index < -0.39 is 21.8 Å². The van der Waals surface area contributed by atoms with Gasteiger partial charge in [0.2, 0.25) is 10.0 Å². The van der Waals surface area contributed by atoms with E-state index in [9.17, 15) is 17.6 Å². The van der Waals surface area contributed by atoms with Crippen molar-refractivity contribution in [1.82, 2.24) is 4.72 Å². The van der Waals surface area contributed by atoms with Crippen molar-refractivity contribution in [2.75, 3.05) is 13.7 Å². The first-order valence-corrected chi connectivity index (χ1v) is 9.42. The number of carbonyl (C=O) groups is 1. The molecule has 0 saturated heterocycles. The van der Waals surface area contributed by atoms with Gasteiger partial charge in [-0.25, -0.2) is 17.5 Å². The summed E-state index contributed by atoms with van der Waals surface area (Å²) in [4.78, 5) is 11.6. The highest BCUT2D eigenvalue weighted by atomic mass is 35.5. The van der Waals surface area contributed by atoms with Gasteiger partial charge in [0.25, 0.3) is 0 Å². The molecule has 0 amide bonds. The summed E-state index contributed by atoms with van der Waals surface area (Å²) >= 11 is 5.58. The molecule has 2 rings (SSSR count). The number of hydrogen-bond donors (Lipinski definition) is 1. The number of rotatable bonds is 8. The fourth-order valence-corrected chi connectivity index (χ4v) is 3.37. The summed E-state index contributed by atoms with van der Waals surface area (Å²) in [6, 6.07) is 10.1. The van der Waals surface area contributed by atoms with E-state index >= 15 is 0 Å². The average molecular weight is 402 g/mol. The Balaban J connectivity index is 1.84. The van der Waals surface area contributed by atoms with E-state index in [0.717, 1.165) is 18.2 Å². The SMILES string of the molecule is COc1ccccc1COC(=O)CCNS(=O)(=O)c1ccc(F)c(Cl)c1. The fraction of sp³-hybridized carbons (Fsp3) is 0.235. The number of para-hydroxylation sites is 1. The number of ether oxygens (including phenoxy) is 2. The molecule has 2 aromatic carbocycles. The summed E-state index contributed by atoms with van der Waals surface area (Å²) < 4.78 is 49.8. The van der Waals surface area contributed by atoms with Crippen molar-refractivity contribution >= 4 is 27.6 Å². The van der Waals surface area contributed by atoms with Gasteiger partial charge in [0, 0.05) is 12.1 Å². The smallest absolute Gasteiger partial charge is 0.307 e. The van der Waals surface area contributed by atoms with Crippen molar-refractivity contribution in [3.05, 3.63) is 58.9 Å². The topological polar surface area (TPSA) is 81.7 Å². The highest BCUT2D eigenvalue weighted by molar-refractivity contribution is 7.89. The Kier molecular flexibility index (Phi) is 6.96. The Hall–Kier alpha value is -2.16. The van der Waals surface area contributed by atoms with Gasteiger partial charge in [-0.15, -0.1) is 0 Å². The number of methoxy groups -OCH3 is 1. The van der Waals surface area contributed by atoms with Gasteiger partial charge >= 0.3 is 5.97 Å². The zero-order valence-corrected chi connectivity index (χ0v) is 15.4. The summed E-state index contributed by atoms with van der Waals surface area (Å²) in [5.74, 6) is -0.699. The lowest BCUT2D eigenvalue weighted by molar-refractivity contribution is -0.144. The summed E-state index contributed by atoms with van der Waals surface area (Å²) in [7, 11) is -2.39. The monoisotopic (exact) mass is 401 g/mol. The highest BCUT2D eigenvalue weighted by Crippen LogP contribution is 2.20. The number of esters is 1. The lowest BCUT2D eigenvalue weighted by Crippen LogP contribution is -2.26. The summed E-state index contributed by atoms with van der Waals surface area (Å²) in [5.41, 5.74) is 0.699. The number of nitrogens with one attached hydrogen (secondary N) is 1. The predicted molar refractivity (Wildman–Crippen MR) is 94.0 cm³/mol. The summed E-state index contributed by atoms with van der Waals surface area (Å²) in [6.45, 7) is -0.148. The largest absolute Gasteiger partial charge is 0.496 e. The second-order valence-corrected chi connectivity index (χ2v) is 7.37. The zero-order valence-electron chi connectivity index (χ0n) is 13.9. The van der Waals surface area contributed by atoms with Gasteiger partial charge in [0.15, 0.2) is 0 Å². The molecule has 0 fully saturated rings. The van der Waals surface area contributed by atoms with Crippen molar-refractivity contribution < 1.29 is 27.1 Å². The van der Waals surface area contributed by atoms with E-state index in [0.29, 0.717) is 11.3 Å². The quantitative estimate of drug-likeness (QED) is 0.688. The number of hydrogen-bond acceptors (Lipinski definition) is 5. The molecule has 0 bridgehead atoms. The van der Waals surface area contributed by atoms with Crippen LogP contribution in [0.5, 0.6) is 5.75 Å². The van der Waals surface area contributed by atoms with Crippen LogP contribution in [-0.2, 0) is 26.2 Å². The molecule has 0 aliphatic carbocycles. The van der Waals surface area contributed by atoms with Crippen LogP contribution in [0.4, 0.5) is 4.39 Å². The van der Waals surface area contributed by atoms with Crippen LogP contribution in [-0.4, -0.2) is 28.0 Å². The first kappa shape index (κ1) is 20.2. The molecule has 26 heavy (non-hydrogen) atoms. The van der Waals surface area contributed by atoms with Crippen LogP contribution in [0.15, 0.2) is 47.4 Å². The molecule has 0 atom stereocenters. The van der Waals surface area contributed by atoms with Crippen molar-refractivity contribution in [3.8, 4) is 5.75 Å². The van der Waals surface area contributed by atoms with E-state index in [2.05, 4.69) is 4.72 Å². The van der Waals surface area contributed by atoms with Crippen molar-refractivity contribution in [2.24, 2.45) is 0 Å². The standard InChI is InChI=1S/C17H17ClFNO5S/c1-24-16-5-3-2-4-12(16)11-25-17(21)8-9-20-26(22,23)13-6-7-15(19)14(18)10-13/h2-7,10,20H,8-9,11H2,1H3. The van der Waals surface area contributed by atoms with Crippen LogP contribution in [0.25, 0.3) is 0 Å². The normalized spacial score (nSPS) is 11.2. The van der Waals surface area contributed by atoms with Crippen LogP contribution in [0, 0.1) is 5.82 Å². The molecule has 0 aliphatic heterocycles. The van der Waals surface area contributed by atoms with Crippen LogP contribution >= 0.6 is 11.6 Å². The molecule has 0 heterocycles. The third kappa shape index (κ3) is 5.42. The molecule has 2 aromatic rings. The first-order chi connectivity index (χ1) is 12.3. The van der Waals surface area contributed by atoms with E-state index in [1.807, 2.05) is 0 Å². The van der Waals surface area contributed by atoms with Gasteiger partial charge in [0.1, 0.15) is 18.2 Å². The predicted octanol–water partition coefficient (Wildman–Crippen LogP) is 2.90. The van der Waals surface area contributed by atoms with Gasteiger partial charge in [-0.05, 0) is 24.3 Å². The second kappa shape index (κ2) is 8.98. The van der Waals surface area contributed by atoms with Gasteiger partial charge in [-0.3, -0.25) is 4.79 Å². The molecular formula is C17H17ClFNO5S. The van der Waals surface area contributed by atoms with Crippen LogP contribution in [0.1, 0.15) is 12.0 Å². The number of carbonyl (C=O) groups excluding carboxylic acids is 1. The van der Waals surface area contributed by atoms with E-state index in [1.54, 1.807) is 24.3 Å². The van der Waals surface area contributed by atoms with Gasteiger partial charge in [-0.1, -0.05) is 29.8 Å². The molecule has 9 heteroatoms. The summed E-state index contributed by atoms with van der Waals surface area (Å²) in [6.07, 6.45) is -0.163. The van der Waals surface area contributed by atoms with Crippen molar-refractivity contribution in [3.63, 3.8) is 0 Å². The van der Waals surface area contributed by atoms with Crippen LogP contribution in [0.2, 0.25) is 5.02 Å². The minimum atomic E-state index is -3.90. The Labute approximate surface area is 155 Å². The van der Waals surface area contributed by atoms with E-state index in [1.165, 1.54) is 7.11 Å². The van der Waals surface area contributed by atoms with Crippen molar-refractivity contribution in [2.45, 2.75) is 17.9 Å². The minimum absolute atomic E-state index is 0.0170. The molecule has 0 spiro atoms. The Bertz CT molecular complexity index is 888. The lowest BCUT2D eigenvalue weighted by Gasteiger charge is -2.10. The molecule has 0 unspecified atom stereocenters. The zero-order chi connectivity index (χ0) is 19.2. The summed E-state index contributed by atoms with van der Waals surface area (Å²) in [5, 5.41) is -0.302. The maximum absolute atomic E-state index is 13.1. The molecule has 0 radical (unpaired) electrons. The highest BCUT2D eigenvalue weighted by Gasteiger charge is 2.16. The Morgan fingerprint density at radius 3 is 2.65 bits per heavy atom. The maximum Gasteiger partial charge on any atom is 0.307 e. The van der Waals surface area contributed by atoms with Gasteiger partial charge in [0.05, 0.1) is 23.4 Å². The third-order valence-electron chi connectivity index (χ3n) is 3.40.